The summed E-state index contributed by atoms with van der Waals surface area (Å²) >= 11 is 0. The molecule has 1 aromatic heterocycles. The van der Waals surface area contributed by atoms with Gasteiger partial charge in [-0.2, -0.15) is 0 Å². The zero-order valence-electron chi connectivity index (χ0n) is 13.9. The molecule has 124 valence electrons. The molecule has 1 amide bonds. The molecule has 1 fully saturated rings. The van der Waals surface area contributed by atoms with Gasteiger partial charge in [-0.1, -0.05) is 24.3 Å². The Morgan fingerprint density at radius 2 is 1.62 bits per heavy atom. The summed E-state index contributed by atoms with van der Waals surface area (Å²) < 4.78 is 0. The molecule has 0 N–H and O–H groups in total. The Bertz CT molecular complexity index is 691. The summed E-state index contributed by atoms with van der Waals surface area (Å²) in [6.07, 6.45) is 6.72. The van der Waals surface area contributed by atoms with Gasteiger partial charge in [0.2, 0.25) is 0 Å². The van der Waals surface area contributed by atoms with E-state index >= 15 is 0 Å². The van der Waals surface area contributed by atoms with Crippen LogP contribution in [0.5, 0.6) is 0 Å². The Balaban J connectivity index is 1.40. The zero-order valence-corrected chi connectivity index (χ0v) is 13.9. The number of nitrogens with zero attached hydrogens (tertiary/aromatic N) is 3. The van der Waals surface area contributed by atoms with Crippen LogP contribution >= 0.6 is 0 Å². The number of hydrogen-bond acceptors (Lipinski definition) is 3. The molecule has 0 radical (unpaired) electrons. The highest BCUT2D eigenvalue weighted by Gasteiger charge is 2.29. The second kappa shape index (κ2) is 6.73. The average Bonchev–Trinajstić information content (AvgIpc) is 2.91. The van der Waals surface area contributed by atoms with Crippen molar-refractivity contribution in [1.29, 1.82) is 0 Å². The summed E-state index contributed by atoms with van der Waals surface area (Å²) in [4.78, 5) is 21.2. The number of fused-ring (bicyclic) bond motifs is 1. The first-order chi connectivity index (χ1) is 11.8. The molecule has 1 aliphatic carbocycles. The lowest BCUT2D eigenvalue weighted by molar-refractivity contribution is 0.0758. The van der Waals surface area contributed by atoms with E-state index in [2.05, 4.69) is 34.1 Å². The molecule has 4 rings (SSSR count). The van der Waals surface area contributed by atoms with Gasteiger partial charge in [-0.15, -0.1) is 0 Å². The molecule has 4 nitrogen and oxygen atoms in total. The Morgan fingerprint density at radius 3 is 2.33 bits per heavy atom. The lowest BCUT2D eigenvalue weighted by Gasteiger charge is -2.27. The van der Waals surface area contributed by atoms with Crippen LogP contribution in [0, 0.1) is 0 Å². The minimum Gasteiger partial charge on any atom is -0.337 e. The number of pyridine rings is 1. The smallest absolute Gasteiger partial charge is 0.254 e. The van der Waals surface area contributed by atoms with Gasteiger partial charge >= 0.3 is 0 Å². The minimum atomic E-state index is 0.133. The van der Waals surface area contributed by atoms with Crippen molar-refractivity contribution in [3.05, 3.63) is 65.5 Å². The first kappa shape index (κ1) is 15.3. The van der Waals surface area contributed by atoms with E-state index in [4.69, 9.17) is 0 Å². The fourth-order valence-electron chi connectivity index (χ4n) is 3.98. The van der Waals surface area contributed by atoms with Gasteiger partial charge < -0.3 is 4.90 Å². The predicted molar refractivity (Wildman–Crippen MR) is 94.0 cm³/mol. The SMILES string of the molecule is O=C(c1ccncc1)N1CCCN(C2Cc3ccccc3C2)CC1. The molecule has 0 spiro atoms. The van der Waals surface area contributed by atoms with Crippen LogP contribution in [0.4, 0.5) is 0 Å². The van der Waals surface area contributed by atoms with E-state index in [1.807, 2.05) is 4.90 Å². The number of carbonyl (C=O) groups excluding carboxylic acids is 1. The lowest BCUT2D eigenvalue weighted by Crippen LogP contribution is -2.40. The van der Waals surface area contributed by atoms with E-state index in [0.29, 0.717) is 6.04 Å². The molecule has 2 heterocycles. The summed E-state index contributed by atoms with van der Waals surface area (Å²) in [5.74, 6) is 0.133. The summed E-state index contributed by atoms with van der Waals surface area (Å²) in [6.45, 7) is 3.71. The highest BCUT2D eigenvalue weighted by molar-refractivity contribution is 5.94. The highest BCUT2D eigenvalue weighted by atomic mass is 16.2. The van der Waals surface area contributed by atoms with E-state index in [9.17, 15) is 4.79 Å². The number of hydrogen-bond donors (Lipinski definition) is 0. The lowest BCUT2D eigenvalue weighted by atomic mass is 10.1. The van der Waals surface area contributed by atoms with Crippen LogP contribution in [0.3, 0.4) is 0 Å². The van der Waals surface area contributed by atoms with Crippen LogP contribution in [-0.4, -0.2) is 52.9 Å². The third-order valence-corrected chi connectivity index (χ3v) is 5.29. The fraction of sp³-hybridized carbons (Fsp3) is 0.400. The molecule has 1 aromatic carbocycles. The van der Waals surface area contributed by atoms with Gasteiger partial charge in [0.05, 0.1) is 0 Å². The normalized spacial score (nSPS) is 19.1. The third kappa shape index (κ3) is 3.06. The van der Waals surface area contributed by atoms with Crippen molar-refractivity contribution in [2.24, 2.45) is 0 Å². The molecule has 0 atom stereocenters. The molecule has 1 saturated heterocycles. The van der Waals surface area contributed by atoms with Crippen LogP contribution in [0.25, 0.3) is 0 Å². The van der Waals surface area contributed by atoms with Crippen LogP contribution in [0.1, 0.15) is 27.9 Å². The molecular formula is C20H23N3O. The van der Waals surface area contributed by atoms with Crippen LogP contribution in [-0.2, 0) is 12.8 Å². The van der Waals surface area contributed by atoms with Crippen molar-refractivity contribution < 1.29 is 4.79 Å². The van der Waals surface area contributed by atoms with E-state index < -0.39 is 0 Å². The molecule has 0 saturated carbocycles. The quantitative estimate of drug-likeness (QED) is 0.852. The summed E-state index contributed by atoms with van der Waals surface area (Å²) in [5, 5.41) is 0. The van der Waals surface area contributed by atoms with Crippen molar-refractivity contribution >= 4 is 5.91 Å². The second-order valence-electron chi connectivity index (χ2n) is 6.75. The fourth-order valence-corrected chi connectivity index (χ4v) is 3.98. The topological polar surface area (TPSA) is 36.4 Å². The largest absolute Gasteiger partial charge is 0.337 e. The van der Waals surface area contributed by atoms with Crippen LogP contribution < -0.4 is 0 Å². The number of aromatic nitrogens is 1. The predicted octanol–water partition coefficient (Wildman–Crippen LogP) is 2.40. The van der Waals surface area contributed by atoms with Gasteiger partial charge in [0, 0.05) is 50.2 Å². The maximum Gasteiger partial charge on any atom is 0.254 e. The van der Waals surface area contributed by atoms with Crippen molar-refractivity contribution in [2.45, 2.75) is 25.3 Å². The second-order valence-corrected chi connectivity index (χ2v) is 6.75. The molecule has 1 aliphatic heterocycles. The Kier molecular flexibility index (Phi) is 4.30. The van der Waals surface area contributed by atoms with E-state index in [1.54, 1.807) is 24.5 Å². The van der Waals surface area contributed by atoms with Crippen molar-refractivity contribution in [2.75, 3.05) is 26.2 Å². The van der Waals surface area contributed by atoms with Gasteiger partial charge in [0.25, 0.3) is 5.91 Å². The number of rotatable bonds is 2. The first-order valence-corrected chi connectivity index (χ1v) is 8.81. The zero-order chi connectivity index (χ0) is 16.4. The number of amides is 1. The minimum absolute atomic E-state index is 0.133. The van der Waals surface area contributed by atoms with Gasteiger partial charge in [0.1, 0.15) is 0 Å². The Labute approximate surface area is 143 Å². The van der Waals surface area contributed by atoms with Crippen molar-refractivity contribution in [1.82, 2.24) is 14.8 Å². The van der Waals surface area contributed by atoms with E-state index in [-0.39, 0.29) is 5.91 Å². The maximum atomic E-state index is 12.6. The number of carbonyl (C=O) groups is 1. The molecular weight excluding hydrogens is 298 g/mol. The van der Waals surface area contributed by atoms with Crippen molar-refractivity contribution in [3.63, 3.8) is 0 Å². The summed E-state index contributed by atoms with van der Waals surface area (Å²) in [7, 11) is 0. The molecule has 0 bridgehead atoms. The molecule has 2 aromatic rings. The monoisotopic (exact) mass is 321 g/mol. The van der Waals surface area contributed by atoms with Gasteiger partial charge in [0.15, 0.2) is 0 Å². The third-order valence-electron chi connectivity index (χ3n) is 5.29. The molecule has 4 heteroatoms. The van der Waals surface area contributed by atoms with Crippen LogP contribution in [0.2, 0.25) is 0 Å². The van der Waals surface area contributed by atoms with E-state index in [1.165, 1.54) is 11.1 Å². The molecule has 24 heavy (non-hydrogen) atoms. The standard InChI is InChI=1S/C20H23N3O/c24-20(16-6-8-21-9-7-16)23-11-3-10-22(12-13-23)19-14-17-4-1-2-5-18(17)15-19/h1-2,4-9,19H,3,10-15H2. The first-order valence-electron chi connectivity index (χ1n) is 8.81. The highest BCUT2D eigenvalue weighted by Crippen LogP contribution is 2.26. The molecule has 2 aliphatic rings. The average molecular weight is 321 g/mol. The maximum absolute atomic E-state index is 12.6. The van der Waals surface area contributed by atoms with Crippen LogP contribution in [0.15, 0.2) is 48.8 Å². The number of benzene rings is 1. The van der Waals surface area contributed by atoms with Crippen molar-refractivity contribution in [3.8, 4) is 0 Å². The Hall–Kier alpha value is -2.20. The van der Waals surface area contributed by atoms with Gasteiger partial charge in [-0.05, 0) is 42.5 Å². The molecule has 0 unspecified atom stereocenters. The van der Waals surface area contributed by atoms with Gasteiger partial charge in [-0.25, -0.2) is 0 Å². The van der Waals surface area contributed by atoms with E-state index in [0.717, 1.165) is 51.0 Å². The van der Waals surface area contributed by atoms with Gasteiger partial charge in [-0.3, -0.25) is 14.7 Å². The Morgan fingerprint density at radius 1 is 0.917 bits per heavy atom. The summed E-state index contributed by atoms with van der Waals surface area (Å²) in [6, 6.07) is 13.0. The summed E-state index contributed by atoms with van der Waals surface area (Å²) in [5.41, 5.74) is 3.74.